The maximum Gasteiger partial charge on any atom is 0.214 e. The third kappa shape index (κ3) is 4.33. The van der Waals surface area contributed by atoms with E-state index in [4.69, 9.17) is 4.42 Å². The van der Waals surface area contributed by atoms with Crippen molar-refractivity contribution in [3.8, 4) is 0 Å². The number of aryl methyl sites for hydroxylation is 1. The summed E-state index contributed by atoms with van der Waals surface area (Å²) in [6, 6.07) is 4.55. The van der Waals surface area contributed by atoms with Gasteiger partial charge < -0.3 is 9.73 Å². The first-order valence-corrected chi connectivity index (χ1v) is 9.89. The van der Waals surface area contributed by atoms with Crippen LogP contribution in [0.3, 0.4) is 0 Å². The molecule has 2 rings (SSSR count). The largest absolute Gasteiger partial charge is 0.464 e. The molecule has 2 heterocycles. The number of hydrogen-bond acceptors (Lipinski definition) is 4. The van der Waals surface area contributed by atoms with E-state index in [0.717, 1.165) is 30.8 Å². The van der Waals surface area contributed by atoms with Crippen LogP contribution >= 0.6 is 0 Å². The average molecular weight is 328 g/mol. The van der Waals surface area contributed by atoms with Crippen molar-refractivity contribution in [3.05, 3.63) is 23.7 Å². The fourth-order valence-corrected chi connectivity index (χ4v) is 4.48. The molecule has 0 saturated carbocycles. The number of piperidine rings is 1. The first-order chi connectivity index (χ1) is 10.5. The van der Waals surface area contributed by atoms with Gasteiger partial charge in [0.15, 0.2) is 0 Å². The summed E-state index contributed by atoms with van der Waals surface area (Å²) < 4.78 is 31.5. The Morgan fingerprint density at radius 3 is 2.55 bits per heavy atom. The lowest BCUT2D eigenvalue weighted by Crippen LogP contribution is -2.46. The molecule has 5 nitrogen and oxygen atoms in total. The maximum absolute atomic E-state index is 12.1. The van der Waals surface area contributed by atoms with Crippen LogP contribution in [0, 0.1) is 0 Å². The number of rotatable bonds is 7. The predicted octanol–water partition coefficient (Wildman–Crippen LogP) is 2.70. The van der Waals surface area contributed by atoms with Gasteiger partial charge in [0.05, 0.1) is 11.8 Å². The van der Waals surface area contributed by atoms with Crippen LogP contribution in [0.4, 0.5) is 0 Å². The van der Waals surface area contributed by atoms with Crippen LogP contribution in [-0.4, -0.2) is 37.6 Å². The lowest BCUT2D eigenvalue weighted by molar-refractivity contribution is 0.267. The van der Waals surface area contributed by atoms with Crippen LogP contribution in [0.15, 0.2) is 16.5 Å². The van der Waals surface area contributed by atoms with Crippen molar-refractivity contribution in [1.82, 2.24) is 9.62 Å². The summed E-state index contributed by atoms with van der Waals surface area (Å²) in [6.07, 6.45) is 3.29. The third-order valence-electron chi connectivity index (χ3n) is 4.25. The van der Waals surface area contributed by atoms with Crippen LogP contribution in [0.5, 0.6) is 0 Å². The monoisotopic (exact) mass is 328 g/mol. The van der Waals surface area contributed by atoms with Gasteiger partial charge in [-0.3, -0.25) is 0 Å². The molecule has 0 unspecified atom stereocenters. The van der Waals surface area contributed by atoms with Gasteiger partial charge in [0.25, 0.3) is 0 Å². The highest BCUT2D eigenvalue weighted by Gasteiger charge is 2.28. The van der Waals surface area contributed by atoms with Crippen LogP contribution in [0.2, 0.25) is 0 Å². The molecule has 0 radical (unpaired) electrons. The molecule has 1 aliphatic rings. The molecule has 1 aliphatic heterocycles. The second kappa shape index (κ2) is 7.62. The second-order valence-corrected chi connectivity index (χ2v) is 8.12. The number of hydrogen-bond donors (Lipinski definition) is 1. The molecule has 1 fully saturated rings. The molecule has 1 atom stereocenters. The number of sulfonamides is 1. The number of nitrogens with zero attached hydrogens (tertiary/aromatic N) is 1. The Hall–Kier alpha value is -0.850. The summed E-state index contributed by atoms with van der Waals surface area (Å²) >= 11 is 0. The van der Waals surface area contributed by atoms with E-state index in [9.17, 15) is 8.42 Å². The van der Waals surface area contributed by atoms with Crippen molar-refractivity contribution in [2.45, 2.75) is 58.5 Å². The molecule has 6 heteroatoms. The summed E-state index contributed by atoms with van der Waals surface area (Å²) in [5.41, 5.74) is 0. The lowest BCUT2D eigenvalue weighted by atomic mass is 10.1. The molecule has 0 spiro atoms. The Labute approximate surface area is 134 Å². The van der Waals surface area contributed by atoms with E-state index in [-0.39, 0.29) is 11.8 Å². The van der Waals surface area contributed by atoms with Gasteiger partial charge in [-0.25, -0.2) is 12.7 Å². The Balaban J connectivity index is 1.84. The minimum Gasteiger partial charge on any atom is -0.464 e. The molecule has 0 amide bonds. The quantitative estimate of drug-likeness (QED) is 0.836. The first kappa shape index (κ1) is 17.5. The van der Waals surface area contributed by atoms with E-state index < -0.39 is 10.0 Å². The van der Waals surface area contributed by atoms with Gasteiger partial charge in [-0.1, -0.05) is 13.8 Å². The molecule has 22 heavy (non-hydrogen) atoms. The highest BCUT2D eigenvalue weighted by atomic mass is 32.2. The van der Waals surface area contributed by atoms with Gasteiger partial charge in [-0.2, -0.15) is 0 Å². The zero-order valence-electron chi connectivity index (χ0n) is 13.8. The van der Waals surface area contributed by atoms with Crippen molar-refractivity contribution < 1.29 is 12.8 Å². The zero-order valence-corrected chi connectivity index (χ0v) is 14.7. The first-order valence-electron chi connectivity index (χ1n) is 8.28. The van der Waals surface area contributed by atoms with Gasteiger partial charge in [0.2, 0.25) is 10.0 Å². The van der Waals surface area contributed by atoms with E-state index in [0.29, 0.717) is 25.6 Å². The topological polar surface area (TPSA) is 62.6 Å². The van der Waals surface area contributed by atoms with E-state index in [1.54, 1.807) is 4.31 Å². The molecule has 126 valence electrons. The Morgan fingerprint density at radius 2 is 2.00 bits per heavy atom. The zero-order chi connectivity index (χ0) is 16.2. The highest BCUT2D eigenvalue weighted by Crippen LogP contribution is 2.21. The third-order valence-corrected chi connectivity index (χ3v) is 6.33. The fourth-order valence-electron chi connectivity index (χ4n) is 2.94. The van der Waals surface area contributed by atoms with Crippen LogP contribution in [0.1, 0.15) is 57.6 Å². The SMILES string of the molecule is CCCS(=O)(=O)N1CCC(N[C@H](C)c2ccc(CC)o2)CC1. The molecule has 0 aliphatic carbocycles. The van der Waals surface area contributed by atoms with Crippen LogP contribution in [0.25, 0.3) is 0 Å². The summed E-state index contributed by atoms with van der Waals surface area (Å²) in [7, 11) is -3.05. The van der Waals surface area contributed by atoms with Gasteiger partial charge in [0, 0.05) is 25.6 Å². The molecule has 1 N–H and O–H groups in total. The van der Waals surface area contributed by atoms with Crippen molar-refractivity contribution >= 4 is 10.0 Å². The minimum atomic E-state index is -3.05. The van der Waals surface area contributed by atoms with Crippen molar-refractivity contribution in [3.63, 3.8) is 0 Å². The van der Waals surface area contributed by atoms with E-state index in [2.05, 4.69) is 19.2 Å². The van der Waals surface area contributed by atoms with E-state index >= 15 is 0 Å². The van der Waals surface area contributed by atoms with E-state index in [1.165, 1.54) is 0 Å². The Morgan fingerprint density at radius 1 is 1.32 bits per heavy atom. The van der Waals surface area contributed by atoms with Crippen molar-refractivity contribution in [1.29, 1.82) is 0 Å². The van der Waals surface area contributed by atoms with E-state index in [1.807, 2.05) is 19.1 Å². The molecule has 0 aromatic carbocycles. The summed E-state index contributed by atoms with van der Waals surface area (Å²) in [4.78, 5) is 0. The Bertz CT molecular complexity index is 560. The number of nitrogens with one attached hydrogen (secondary N) is 1. The second-order valence-electron chi connectivity index (χ2n) is 6.04. The summed E-state index contributed by atoms with van der Waals surface area (Å²) in [6.45, 7) is 7.31. The Kier molecular flexibility index (Phi) is 6.06. The minimum absolute atomic E-state index is 0.157. The van der Waals surface area contributed by atoms with Crippen molar-refractivity contribution in [2.75, 3.05) is 18.8 Å². The summed E-state index contributed by atoms with van der Waals surface area (Å²) in [5, 5.41) is 3.56. The molecular weight excluding hydrogens is 300 g/mol. The molecule has 1 saturated heterocycles. The molecule has 1 aromatic heterocycles. The standard InChI is InChI=1S/C16H28N2O3S/c1-4-12-22(19,20)18-10-8-14(9-11-18)17-13(3)16-7-6-15(5-2)21-16/h6-7,13-14,17H,4-5,8-12H2,1-3H3/t13-/m1/s1. The van der Waals surface area contributed by atoms with Gasteiger partial charge in [-0.15, -0.1) is 0 Å². The van der Waals surface area contributed by atoms with Gasteiger partial charge in [0.1, 0.15) is 11.5 Å². The van der Waals surface area contributed by atoms with Crippen LogP contribution in [-0.2, 0) is 16.4 Å². The van der Waals surface area contributed by atoms with Crippen LogP contribution < -0.4 is 5.32 Å². The van der Waals surface area contributed by atoms with Gasteiger partial charge >= 0.3 is 0 Å². The highest BCUT2D eigenvalue weighted by molar-refractivity contribution is 7.89. The molecule has 0 bridgehead atoms. The fraction of sp³-hybridized carbons (Fsp3) is 0.750. The summed E-state index contributed by atoms with van der Waals surface area (Å²) in [5.74, 6) is 2.22. The number of furan rings is 1. The molecular formula is C16H28N2O3S. The molecule has 1 aromatic rings. The van der Waals surface area contributed by atoms with Gasteiger partial charge in [-0.05, 0) is 38.3 Å². The smallest absolute Gasteiger partial charge is 0.214 e. The predicted molar refractivity (Wildman–Crippen MR) is 88.3 cm³/mol. The maximum atomic E-state index is 12.1. The van der Waals surface area contributed by atoms with Crippen molar-refractivity contribution in [2.24, 2.45) is 0 Å². The average Bonchev–Trinajstić information content (AvgIpc) is 2.97. The lowest BCUT2D eigenvalue weighted by Gasteiger charge is -2.32. The normalized spacial score (nSPS) is 19.4.